The van der Waals surface area contributed by atoms with E-state index in [2.05, 4.69) is 6.07 Å². The average molecular weight is 338 g/mol. The zero-order valence-electron chi connectivity index (χ0n) is 15.3. The normalized spacial score (nSPS) is 19.4. The standard InChI is InChI=1S/C20H23BO4/c1-13(10-18(22)23)14-6-7-16-12-17(9-8-15(16)11-14)21-24-19(2,3)20(4,5)25-21/h6-12H,1-5H3,(H,22,23)/b13-10+. The third-order valence-corrected chi connectivity index (χ3v) is 5.19. The molecule has 1 aliphatic rings. The minimum atomic E-state index is -0.936. The molecule has 0 bridgehead atoms. The molecule has 2 aromatic carbocycles. The van der Waals surface area contributed by atoms with Crippen molar-refractivity contribution < 1.29 is 19.2 Å². The number of carboxylic acid groups (broad SMARTS) is 1. The van der Waals surface area contributed by atoms with Gasteiger partial charge in [-0.25, -0.2) is 4.79 Å². The van der Waals surface area contributed by atoms with Gasteiger partial charge >= 0.3 is 13.1 Å². The molecule has 5 heteroatoms. The number of hydrogen-bond donors (Lipinski definition) is 1. The average Bonchev–Trinajstić information content (AvgIpc) is 2.73. The number of hydrogen-bond acceptors (Lipinski definition) is 3. The van der Waals surface area contributed by atoms with Crippen LogP contribution in [0.5, 0.6) is 0 Å². The van der Waals surface area contributed by atoms with E-state index < -0.39 is 5.97 Å². The van der Waals surface area contributed by atoms with Crippen LogP contribution in [0.1, 0.15) is 40.2 Å². The van der Waals surface area contributed by atoms with Crippen LogP contribution in [-0.4, -0.2) is 29.4 Å². The molecule has 1 aliphatic heterocycles. The van der Waals surface area contributed by atoms with E-state index in [1.807, 2.05) is 58.0 Å². The largest absolute Gasteiger partial charge is 0.494 e. The van der Waals surface area contributed by atoms with Gasteiger partial charge in [0, 0.05) is 6.08 Å². The first kappa shape index (κ1) is 17.7. The molecule has 0 unspecified atom stereocenters. The van der Waals surface area contributed by atoms with Crippen LogP contribution >= 0.6 is 0 Å². The first-order chi connectivity index (χ1) is 11.6. The fraction of sp³-hybridized carbons (Fsp3) is 0.350. The third-order valence-electron chi connectivity index (χ3n) is 5.19. The van der Waals surface area contributed by atoms with Gasteiger partial charge in [-0.3, -0.25) is 0 Å². The molecule has 2 aromatic rings. The summed E-state index contributed by atoms with van der Waals surface area (Å²) in [7, 11) is -0.386. The van der Waals surface area contributed by atoms with Crippen molar-refractivity contribution in [3.8, 4) is 0 Å². The van der Waals surface area contributed by atoms with Crippen LogP contribution in [0, 0.1) is 0 Å². The maximum atomic E-state index is 10.8. The van der Waals surface area contributed by atoms with Gasteiger partial charge in [-0.2, -0.15) is 0 Å². The molecule has 1 N–H and O–H groups in total. The van der Waals surface area contributed by atoms with Gasteiger partial charge in [0.15, 0.2) is 0 Å². The highest BCUT2D eigenvalue weighted by Crippen LogP contribution is 2.36. The maximum absolute atomic E-state index is 10.8. The first-order valence-electron chi connectivity index (χ1n) is 8.40. The summed E-state index contributed by atoms with van der Waals surface area (Å²) in [5.41, 5.74) is 1.88. The minimum Gasteiger partial charge on any atom is -0.478 e. The Morgan fingerprint density at radius 1 is 1.00 bits per heavy atom. The van der Waals surface area contributed by atoms with Crippen molar-refractivity contribution >= 4 is 34.9 Å². The van der Waals surface area contributed by atoms with Crippen molar-refractivity contribution in [2.45, 2.75) is 45.8 Å². The summed E-state index contributed by atoms with van der Waals surface area (Å²) in [6, 6.07) is 12.0. The lowest BCUT2D eigenvalue weighted by Crippen LogP contribution is -2.41. The number of benzene rings is 2. The summed E-state index contributed by atoms with van der Waals surface area (Å²) >= 11 is 0. The zero-order chi connectivity index (χ0) is 18.4. The smallest absolute Gasteiger partial charge is 0.478 e. The molecule has 0 atom stereocenters. The van der Waals surface area contributed by atoms with Crippen molar-refractivity contribution in [2.24, 2.45) is 0 Å². The number of allylic oxidation sites excluding steroid dienone is 1. The number of rotatable bonds is 3. The highest BCUT2D eigenvalue weighted by molar-refractivity contribution is 6.62. The van der Waals surface area contributed by atoms with E-state index in [1.54, 1.807) is 6.92 Å². The lowest BCUT2D eigenvalue weighted by Gasteiger charge is -2.32. The quantitative estimate of drug-likeness (QED) is 0.686. The fourth-order valence-electron chi connectivity index (χ4n) is 2.90. The van der Waals surface area contributed by atoms with Crippen molar-refractivity contribution in [3.63, 3.8) is 0 Å². The molecule has 0 radical (unpaired) electrons. The Morgan fingerprint density at radius 3 is 2.16 bits per heavy atom. The first-order valence-corrected chi connectivity index (χ1v) is 8.40. The van der Waals surface area contributed by atoms with Gasteiger partial charge < -0.3 is 14.4 Å². The molecular formula is C20H23BO4. The van der Waals surface area contributed by atoms with E-state index in [1.165, 1.54) is 6.08 Å². The Labute approximate surface area is 148 Å². The molecule has 0 amide bonds. The van der Waals surface area contributed by atoms with Crippen LogP contribution in [0.2, 0.25) is 0 Å². The Morgan fingerprint density at radius 2 is 1.56 bits per heavy atom. The number of fused-ring (bicyclic) bond motifs is 1. The van der Waals surface area contributed by atoms with Gasteiger partial charge in [-0.1, -0.05) is 30.3 Å². The molecular weight excluding hydrogens is 315 g/mol. The van der Waals surface area contributed by atoms with Crippen molar-refractivity contribution in [1.29, 1.82) is 0 Å². The summed E-state index contributed by atoms with van der Waals surface area (Å²) in [4.78, 5) is 10.8. The molecule has 4 nitrogen and oxygen atoms in total. The van der Waals surface area contributed by atoms with Gasteiger partial charge in [-0.05, 0) is 68.1 Å². The molecule has 0 spiro atoms. The Balaban J connectivity index is 1.93. The molecule has 25 heavy (non-hydrogen) atoms. The SMILES string of the molecule is C/C(=C\C(=O)O)c1ccc2cc(B3OC(C)(C)C(C)(C)O3)ccc2c1. The summed E-state index contributed by atoms with van der Waals surface area (Å²) in [6.07, 6.45) is 1.22. The van der Waals surface area contributed by atoms with Crippen molar-refractivity contribution in [1.82, 2.24) is 0 Å². The van der Waals surface area contributed by atoms with Crippen molar-refractivity contribution in [2.75, 3.05) is 0 Å². The monoisotopic (exact) mass is 338 g/mol. The molecule has 1 heterocycles. The topological polar surface area (TPSA) is 55.8 Å². The highest BCUT2D eigenvalue weighted by atomic mass is 16.7. The van der Waals surface area contributed by atoms with Gasteiger partial charge in [-0.15, -0.1) is 0 Å². The van der Waals surface area contributed by atoms with Crippen LogP contribution in [0.25, 0.3) is 16.3 Å². The van der Waals surface area contributed by atoms with E-state index in [4.69, 9.17) is 14.4 Å². The lowest BCUT2D eigenvalue weighted by atomic mass is 9.78. The van der Waals surface area contributed by atoms with Gasteiger partial charge in [0.2, 0.25) is 0 Å². The fourth-order valence-corrected chi connectivity index (χ4v) is 2.90. The third kappa shape index (κ3) is 3.35. The minimum absolute atomic E-state index is 0.366. The molecule has 130 valence electrons. The maximum Gasteiger partial charge on any atom is 0.494 e. The predicted molar refractivity (Wildman–Crippen MR) is 101 cm³/mol. The summed E-state index contributed by atoms with van der Waals surface area (Å²) in [5, 5.41) is 11.0. The van der Waals surface area contributed by atoms with E-state index in [0.717, 1.165) is 27.4 Å². The van der Waals surface area contributed by atoms with Crippen LogP contribution < -0.4 is 5.46 Å². The van der Waals surface area contributed by atoms with Crippen LogP contribution in [0.15, 0.2) is 42.5 Å². The second kappa shape index (κ2) is 6.01. The van der Waals surface area contributed by atoms with Gasteiger partial charge in [0.05, 0.1) is 11.2 Å². The molecule has 1 saturated heterocycles. The lowest BCUT2D eigenvalue weighted by molar-refractivity contribution is -0.131. The van der Waals surface area contributed by atoms with E-state index in [9.17, 15) is 4.79 Å². The van der Waals surface area contributed by atoms with Crippen molar-refractivity contribution in [3.05, 3.63) is 48.0 Å². The van der Waals surface area contributed by atoms with E-state index >= 15 is 0 Å². The molecule has 3 rings (SSSR count). The van der Waals surface area contributed by atoms with Crippen LogP contribution in [0.3, 0.4) is 0 Å². The zero-order valence-corrected chi connectivity index (χ0v) is 15.3. The van der Waals surface area contributed by atoms with E-state index in [-0.39, 0.29) is 18.3 Å². The van der Waals surface area contributed by atoms with Crippen LogP contribution in [0.4, 0.5) is 0 Å². The molecule has 0 saturated carbocycles. The Hall–Kier alpha value is -2.11. The molecule has 0 aliphatic carbocycles. The number of aliphatic carboxylic acids is 1. The van der Waals surface area contributed by atoms with Gasteiger partial charge in [0.1, 0.15) is 0 Å². The predicted octanol–water partition coefficient (Wildman–Crippen LogP) is 3.63. The summed E-state index contributed by atoms with van der Waals surface area (Å²) in [6.45, 7) is 9.96. The Bertz CT molecular complexity index is 851. The Kier molecular flexibility index (Phi) is 4.25. The number of carboxylic acids is 1. The molecule has 1 fully saturated rings. The van der Waals surface area contributed by atoms with E-state index in [0.29, 0.717) is 0 Å². The second-order valence-electron chi connectivity index (χ2n) is 7.58. The summed E-state index contributed by atoms with van der Waals surface area (Å²) < 4.78 is 12.2. The highest BCUT2D eigenvalue weighted by Gasteiger charge is 2.51. The van der Waals surface area contributed by atoms with Crippen LogP contribution in [-0.2, 0) is 14.1 Å². The summed E-state index contributed by atoms with van der Waals surface area (Å²) in [5.74, 6) is -0.936. The second-order valence-corrected chi connectivity index (χ2v) is 7.58. The molecule has 0 aromatic heterocycles. The number of carbonyl (C=O) groups is 1. The van der Waals surface area contributed by atoms with Gasteiger partial charge in [0.25, 0.3) is 0 Å².